The van der Waals surface area contributed by atoms with Crippen molar-refractivity contribution in [1.29, 1.82) is 0 Å². The third-order valence-corrected chi connectivity index (χ3v) is 6.49. The summed E-state index contributed by atoms with van der Waals surface area (Å²) in [5.74, 6) is 1.75. The second-order valence-electron chi connectivity index (χ2n) is 7.70. The van der Waals surface area contributed by atoms with Crippen LogP contribution in [0.25, 0.3) is 0 Å². The topological polar surface area (TPSA) is 99.9 Å². The number of amides is 1. The third-order valence-electron chi connectivity index (χ3n) is 5.14. The zero-order chi connectivity index (χ0) is 22.7. The van der Waals surface area contributed by atoms with Gasteiger partial charge in [-0.1, -0.05) is 25.1 Å². The Balaban J connectivity index is 1.92. The average Bonchev–Trinajstić information content (AvgIpc) is 3.57. The Labute approximate surface area is 190 Å². The first-order valence-corrected chi connectivity index (χ1v) is 11.9. The van der Waals surface area contributed by atoms with Gasteiger partial charge in [-0.05, 0) is 45.1 Å². The van der Waals surface area contributed by atoms with Crippen molar-refractivity contribution in [1.82, 2.24) is 20.2 Å². The molecule has 1 aromatic heterocycles. The maximum absolute atomic E-state index is 13.3. The van der Waals surface area contributed by atoms with E-state index in [0.717, 1.165) is 18.4 Å². The fraction of sp³-hybridized carbons (Fsp3) is 0.476. The summed E-state index contributed by atoms with van der Waals surface area (Å²) in [5.41, 5.74) is 1.62. The number of piperazine rings is 1. The zero-order valence-electron chi connectivity index (χ0n) is 18.2. The third kappa shape index (κ3) is 5.46. The number of hydrogen-bond donors (Lipinski definition) is 1. The minimum absolute atomic E-state index is 0.0385. The fourth-order valence-electron chi connectivity index (χ4n) is 3.26. The molecule has 1 aliphatic carbocycles. The van der Waals surface area contributed by atoms with Crippen LogP contribution in [0.4, 0.5) is 0 Å². The number of nitrogens with zero attached hydrogens (tertiary/aromatic N) is 5. The predicted octanol–water partition coefficient (Wildman–Crippen LogP) is 3.14. The summed E-state index contributed by atoms with van der Waals surface area (Å²) in [6, 6.07) is -0.0385. The van der Waals surface area contributed by atoms with Crippen molar-refractivity contribution in [2.24, 2.45) is 15.9 Å². The van der Waals surface area contributed by atoms with Crippen LogP contribution in [0.1, 0.15) is 46.4 Å². The molecule has 1 amide bonds. The van der Waals surface area contributed by atoms with Crippen LogP contribution in [0, 0.1) is 5.92 Å². The number of nitrogens with one attached hydrogen (secondary N) is 1. The highest BCUT2D eigenvalue weighted by atomic mass is 35.5. The Morgan fingerprint density at radius 3 is 2.55 bits per heavy atom. The van der Waals surface area contributed by atoms with Gasteiger partial charge in [0.1, 0.15) is 17.5 Å². The van der Waals surface area contributed by atoms with Crippen molar-refractivity contribution >= 4 is 40.0 Å². The van der Waals surface area contributed by atoms with Crippen LogP contribution in [0.2, 0.25) is 0 Å². The lowest BCUT2D eigenvalue weighted by atomic mass is 10.1. The maximum Gasteiger partial charge on any atom is 0.295 e. The van der Waals surface area contributed by atoms with Gasteiger partial charge in [-0.15, -0.1) is 0 Å². The van der Waals surface area contributed by atoms with Crippen LogP contribution in [-0.2, 0) is 22.1 Å². The molecule has 8 nitrogen and oxygen atoms in total. The standard InChI is InChI=1S/C21H27ClN6O2S/c1-6-31(30)16-9-23-17(24-10-16)11-25-19-21(29)28(13(4)15-7-8-15)20(26-14(5)22)18(27-19)12(2)3/h9-10,13,15H,5-8,11H2,1-4H3,(H,25,27)/b26-20+. The largest absolute Gasteiger partial charge is 0.333 e. The van der Waals surface area contributed by atoms with E-state index in [1.807, 2.05) is 27.7 Å². The highest BCUT2D eigenvalue weighted by molar-refractivity contribution is 7.85. The fourth-order valence-corrected chi connectivity index (χ4v) is 4.02. The molecule has 1 saturated heterocycles. The predicted molar refractivity (Wildman–Crippen MR) is 123 cm³/mol. The van der Waals surface area contributed by atoms with Crippen LogP contribution < -0.4 is 5.32 Å². The second-order valence-corrected chi connectivity index (χ2v) is 9.87. The molecule has 1 aliphatic heterocycles. The Morgan fingerprint density at radius 2 is 2.03 bits per heavy atom. The Kier molecular flexibility index (Phi) is 7.38. The molecular weight excluding hydrogens is 436 g/mol. The molecule has 0 bridgehead atoms. The van der Waals surface area contributed by atoms with Crippen molar-refractivity contribution in [3.63, 3.8) is 0 Å². The number of aromatic nitrogens is 2. The molecular formula is C21H27ClN6O2S. The van der Waals surface area contributed by atoms with Gasteiger partial charge in [0.05, 0.1) is 21.4 Å². The van der Waals surface area contributed by atoms with E-state index in [4.69, 9.17) is 11.6 Å². The normalized spacial score (nSPS) is 21.3. The van der Waals surface area contributed by atoms with E-state index in [0.29, 0.717) is 33.9 Å². The van der Waals surface area contributed by atoms with Crippen molar-refractivity contribution in [3.8, 4) is 0 Å². The zero-order valence-corrected chi connectivity index (χ0v) is 19.8. The molecule has 1 N–H and O–H groups in total. The van der Waals surface area contributed by atoms with Gasteiger partial charge < -0.3 is 5.32 Å². The van der Waals surface area contributed by atoms with Gasteiger partial charge in [-0.25, -0.2) is 15.0 Å². The van der Waals surface area contributed by atoms with Crippen molar-refractivity contribution < 1.29 is 9.00 Å². The van der Waals surface area contributed by atoms with Crippen molar-refractivity contribution in [2.75, 3.05) is 5.75 Å². The highest BCUT2D eigenvalue weighted by Gasteiger charge is 2.42. The first-order chi connectivity index (χ1) is 14.7. The van der Waals surface area contributed by atoms with Crippen molar-refractivity contribution in [2.45, 2.75) is 58.0 Å². The van der Waals surface area contributed by atoms with Crippen LogP contribution >= 0.6 is 11.6 Å². The molecule has 0 radical (unpaired) electrons. The first kappa shape index (κ1) is 23.3. The molecule has 2 fully saturated rings. The number of halogens is 1. The van der Waals surface area contributed by atoms with Gasteiger partial charge in [-0.2, -0.15) is 0 Å². The summed E-state index contributed by atoms with van der Waals surface area (Å²) in [7, 11) is -1.11. The number of hydrogen-bond acceptors (Lipinski definition) is 6. The summed E-state index contributed by atoms with van der Waals surface area (Å²) >= 11 is 5.98. The lowest BCUT2D eigenvalue weighted by Crippen LogP contribution is -2.58. The molecule has 2 heterocycles. The quantitative estimate of drug-likeness (QED) is 0.627. The van der Waals surface area contributed by atoms with E-state index in [9.17, 15) is 9.00 Å². The van der Waals surface area contributed by atoms with Gasteiger partial charge in [0.15, 0.2) is 11.7 Å². The molecule has 10 heteroatoms. The van der Waals surface area contributed by atoms with Gasteiger partial charge in [-0.3, -0.25) is 18.9 Å². The van der Waals surface area contributed by atoms with E-state index in [2.05, 4.69) is 31.8 Å². The molecule has 2 aliphatic rings. The number of aliphatic imine (C=N–C) groups is 2. The molecule has 3 rings (SSSR count). The Hall–Kier alpha value is -2.39. The van der Waals surface area contributed by atoms with E-state index in [-0.39, 0.29) is 29.5 Å². The molecule has 31 heavy (non-hydrogen) atoms. The smallest absolute Gasteiger partial charge is 0.295 e. The molecule has 1 aromatic rings. The summed E-state index contributed by atoms with van der Waals surface area (Å²) in [6.45, 7) is 11.5. The summed E-state index contributed by atoms with van der Waals surface area (Å²) in [6.07, 6.45) is 5.23. The van der Waals surface area contributed by atoms with Crippen LogP contribution in [0.15, 0.2) is 50.3 Å². The van der Waals surface area contributed by atoms with Crippen LogP contribution in [0.5, 0.6) is 0 Å². The second kappa shape index (κ2) is 9.82. The number of amidine groups is 2. The Bertz CT molecular complexity index is 994. The number of allylic oxidation sites excluding steroid dienone is 1. The Morgan fingerprint density at radius 1 is 1.39 bits per heavy atom. The van der Waals surface area contributed by atoms with Gasteiger partial charge in [0.2, 0.25) is 0 Å². The van der Waals surface area contributed by atoms with E-state index < -0.39 is 10.8 Å². The monoisotopic (exact) mass is 462 g/mol. The summed E-state index contributed by atoms with van der Waals surface area (Å²) in [5, 5.41) is 3.22. The lowest BCUT2D eigenvalue weighted by molar-refractivity contribution is -0.122. The van der Waals surface area contributed by atoms with Gasteiger partial charge in [0.25, 0.3) is 5.91 Å². The molecule has 0 spiro atoms. The van der Waals surface area contributed by atoms with E-state index >= 15 is 0 Å². The molecule has 2 unspecified atom stereocenters. The van der Waals surface area contributed by atoms with Crippen LogP contribution in [-0.4, -0.2) is 48.4 Å². The van der Waals surface area contributed by atoms with Crippen LogP contribution in [0.3, 0.4) is 0 Å². The minimum Gasteiger partial charge on any atom is -0.333 e. The lowest BCUT2D eigenvalue weighted by Gasteiger charge is -2.36. The molecule has 2 atom stereocenters. The highest BCUT2D eigenvalue weighted by Crippen LogP contribution is 2.36. The summed E-state index contributed by atoms with van der Waals surface area (Å²) < 4.78 is 11.9. The molecule has 0 aromatic carbocycles. The number of carbonyl (C=O) groups is 1. The summed E-state index contributed by atoms with van der Waals surface area (Å²) in [4.78, 5) is 32.8. The minimum atomic E-state index is -1.11. The molecule has 1 saturated carbocycles. The average molecular weight is 463 g/mol. The SMILES string of the molecule is C=C(Cl)/N=C1\C(=C(C)C)NC(=NCc2ncc(S(=O)CC)cn2)C(=O)N1C(C)C1CC1. The first-order valence-electron chi connectivity index (χ1n) is 10.2. The van der Waals surface area contributed by atoms with Gasteiger partial charge >= 0.3 is 0 Å². The van der Waals surface area contributed by atoms with Gasteiger partial charge in [0, 0.05) is 24.2 Å². The van der Waals surface area contributed by atoms with Crippen molar-refractivity contribution in [3.05, 3.63) is 41.2 Å². The van der Waals surface area contributed by atoms with E-state index in [1.54, 1.807) is 4.90 Å². The number of rotatable bonds is 7. The maximum atomic E-state index is 13.3. The van der Waals surface area contributed by atoms with E-state index in [1.165, 1.54) is 12.4 Å². The number of carbonyl (C=O) groups excluding carboxylic acids is 1. The molecule has 166 valence electrons.